The van der Waals surface area contributed by atoms with Crippen molar-refractivity contribution in [3.8, 4) is 0 Å². The summed E-state index contributed by atoms with van der Waals surface area (Å²) in [6.45, 7) is 7.44. The molecule has 0 saturated carbocycles. The fourth-order valence-corrected chi connectivity index (χ4v) is 1.29. The van der Waals surface area contributed by atoms with Gasteiger partial charge in [-0.15, -0.1) is 0 Å². The van der Waals surface area contributed by atoms with Crippen LogP contribution in [0.5, 0.6) is 0 Å². The number of pyridine rings is 1. The van der Waals surface area contributed by atoms with Gasteiger partial charge in [-0.1, -0.05) is 32.4 Å². The fraction of sp³-hybridized carbons (Fsp3) is 0.545. The van der Waals surface area contributed by atoms with Crippen LogP contribution in [0.15, 0.2) is 12.1 Å². The zero-order valence-corrected chi connectivity index (χ0v) is 10.2. The molecule has 1 aromatic rings. The van der Waals surface area contributed by atoms with Gasteiger partial charge in [0.05, 0.1) is 5.69 Å². The lowest BCUT2D eigenvalue weighted by molar-refractivity contribution is 0.389. The molecule has 0 spiro atoms. The van der Waals surface area contributed by atoms with Crippen molar-refractivity contribution in [1.82, 2.24) is 4.98 Å². The van der Waals surface area contributed by atoms with Crippen molar-refractivity contribution < 1.29 is 0 Å². The number of nitrogens with two attached hydrogens (primary N) is 1. The van der Waals surface area contributed by atoms with Gasteiger partial charge < -0.3 is 11.1 Å². The third kappa shape index (κ3) is 4.38. The summed E-state index contributed by atoms with van der Waals surface area (Å²) in [5.41, 5.74) is 6.69. The van der Waals surface area contributed by atoms with Crippen LogP contribution in [-0.2, 0) is 0 Å². The average Bonchev–Trinajstić information content (AvgIpc) is 2.09. The summed E-state index contributed by atoms with van der Waals surface area (Å²) in [6.07, 6.45) is 1.06. The zero-order chi connectivity index (χ0) is 11.5. The first kappa shape index (κ1) is 12.1. The highest BCUT2D eigenvalue weighted by molar-refractivity contribution is 6.29. The summed E-state index contributed by atoms with van der Waals surface area (Å²) >= 11 is 5.78. The molecule has 0 aliphatic heterocycles. The molecule has 0 saturated heterocycles. The lowest BCUT2D eigenvalue weighted by atomic mass is 9.92. The summed E-state index contributed by atoms with van der Waals surface area (Å²) in [5, 5.41) is 3.65. The van der Waals surface area contributed by atoms with Crippen molar-refractivity contribution in [2.75, 3.05) is 17.6 Å². The van der Waals surface area contributed by atoms with E-state index in [1.807, 2.05) is 0 Å². The molecule has 0 bridgehead atoms. The standard InChI is InChI=1S/C11H18ClN3/c1-11(2,3)6-7-14-10-8(13)4-5-9(12)15-10/h4-5H,6-7,13H2,1-3H3,(H,14,15). The first-order valence-electron chi connectivity index (χ1n) is 5.04. The van der Waals surface area contributed by atoms with E-state index in [9.17, 15) is 0 Å². The molecule has 3 nitrogen and oxygen atoms in total. The Kier molecular flexibility index (Phi) is 3.80. The van der Waals surface area contributed by atoms with E-state index in [4.69, 9.17) is 17.3 Å². The molecule has 0 unspecified atom stereocenters. The van der Waals surface area contributed by atoms with Gasteiger partial charge in [-0.3, -0.25) is 0 Å². The maximum absolute atomic E-state index is 5.78. The van der Waals surface area contributed by atoms with Crippen LogP contribution in [0.2, 0.25) is 5.15 Å². The molecule has 0 aromatic carbocycles. The molecule has 0 aliphatic rings. The van der Waals surface area contributed by atoms with Crippen molar-refractivity contribution in [1.29, 1.82) is 0 Å². The van der Waals surface area contributed by atoms with Crippen LogP contribution in [0.3, 0.4) is 0 Å². The van der Waals surface area contributed by atoms with Gasteiger partial charge in [-0.2, -0.15) is 0 Å². The van der Waals surface area contributed by atoms with Crippen LogP contribution >= 0.6 is 11.6 Å². The Hall–Kier alpha value is -0.960. The molecule has 0 amide bonds. The first-order chi connectivity index (χ1) is 6.88. The molecule has 0 atom stereocenters. The Morgan fingerprint density at radius 3 is 2.67 bits per heavy atom. The summed E-state index contributed by atoms with van der Waals surface area (Å²) in [4.78, 5) is 4.12. The van der Waals surface area contributed by atoms with Crippen LogP contribution in [0.1, 0.15) is 27.2 Å². The number of halogens is 1. The van der Waals surface area contributed by atoms with Crippen molar-refractivity contribution in [3.05, 3.63) is 17.3 Å². The van der Waals surface area contributed by atoms with Crippen LogP contribution in [0.4, 0.5) is 11.5 Å². The van der Waals surface area contributed by atoms with Gasteiger partial charge in [0.25, 0.3) is 0 Å². The lowest BCUT2D eigenvalue weighted by Gasteiger charge is -2.18. The van der Waals surface area contributed by atoms with Crippen molar-refractivity contribution in [3.63, 3.8) is 0 Å². The van der Waals surface area contributed by atoms with Gasteiger partial charge in [-0.25, -0.2) is 4.98 Å². The maximum atomic E-state index is 5.78. The quantitative estimate of drug-likeness (QED) is 0.780. The van der Waals surface area contributed by atoms with E-state index >= 15 is 0 Å². The van der Waals surface area contributed by atoms with Crippen molar-refractivity contribution >= 4 is 23.1 Å². The van der Waals surface area contributed by atoms with Crippen molar-refractivity contribution in [2.45, 2.75) is 27.2 Å². The zero-order valence-electron chi connectivity index (χ0n) is 9.47. The molecular formula is C11H18ClN3. The first-order valence-corrected chi connectivity index (χ1v) is 5.42. The van der Waals surface area contributed by atoms with Gasteiger partial charge in [0.2, 0.25) is 0 Å². The monoisotopic (exact) mass is 227 g/mol. The molecular weight excluding hydrogens is 210 g/mol. The summed E-state index contributed by atoms with van der Waals surface area (Å²) < 4.78 is 0. The van der Waals surface area contributed by atoms with Gasteiger partial charge >= 0.3 is 0 Å². The number of hydrogen-bond donors (Lipinski definition) is 2. The van der Waals surface area contributed by atoms with E-state index in [0.29, 0.717) is 22.1 Å². The smallest absolute Gasteiger partial charge is 0.150 e. The SMILES string of the molecule is CC(C)(C)CCNc1nc(Cl)ccc1N. The van der Waals surface area contributed by atoms with Crippen LogP contribution < -0.4 is 11.1 Å². The molecule has 1 aromatic heterocycles. The minimum Gasteiger partial charge on any atom is -0.396 e. The van der Waals surface area contributed by atoms with Crippen LogP contribution in [0, 0.1) is 5.41 Å². The highest BCUT2D eigenvalue weighted by atomic mass is 35.5. The lowest BCUT2D eigenvalue weighted by Crippen LogP contribution is -2.14. The Morgan fingerprint density at radius 2 is 2.07 bits per heavy atom. The molecule has 3 N–H and O–H groups in total. The number of aromatic nitrogens is 1. The maximum Gasteiger partial charge on any atom is 0.150 e. The fourth-order valence-electron chi connectivity index (χ4n) is 1.14. The predicted octanol–water partition coefficient (Wildman–Crippen LogP) is 3.17. The van der Waals surface area contributed by atoms with Crippen LogP contribution in [-0.4, -0.2) is 11.5 Å². The van der Waals surface area contributed by atoms with E-state index in [0.717, 1.165) is 13.0 Å². The van der Waals surface area contributed by atoms with E-state index in [1.54, 1.807) is 12.1 Å². The minimum atomic E-state index is 0.306. The predicted molar refractivity (Wildman–Crippen MR) is 66.2 cm³/mol. The third-order valence-electron chi connectivity index (χ3n) is 2.06. The number of anilines is 2. The van der Waals surface area contributed by atoms with Gasteiger partial charge in [0.15, 0.2) is 5.82 Å². The Morgan fingerprint density at radius 1 is 1.40 bits per heavy atom. The van der Waals surface area contributed by atoms with Gasteiger partial charge in [0, 0.05) is 6.54 Å². The second-order valence-corrected chi connectivity index (χ2v) is 5.20. The van der Waals surface area contributed by atoms with Gasteiger partial charge in [0.1, 0.15) is 5.15 Å². The Balaban J connectivity index is 2.54. The highest BCUT2D eigenvalue weighted by Gasteiger charge is 2.10. The van der Waals surface area contributed by atoms with E-state index in [2.05, 4.69) is 31.1 Å². The topological polar surface area (TPSA) is 50.9 Å². The molecule has 84 valence electrons. The molecule has 1 heterocycles. The second-order valence-electron chi connectivity index (χ2n) is 4.81. The average molecular weight is 228 g/mol. The largest absolute Gasteiger partial charge is 0.396 e. The molecule has 0 aliphatic carbocycles. The number of nitrogens with zero attached hydrogens (tertiary/aromatic N) is 1. The molecule has 0 radical (unpaired) electrons. The molecule has 4 heteroatoms. The molecule has 0 fully saturated rings. The Bertz CT molecular complexity index is 331. The van der Waals surface area contributed by atoms with E-state index < -0.39 is 0 Å². The molecule has 1 rings (SSSR count). The second kappa shape index (κ2) is 4.71. The van der Waals surface area contributed by atoms with Crippen LogP contribution in [0.25, 0.3) is 0 Å². The van der Waals surface area contributed by atoms with Crippen molar-refractivity contribution in [2.24, 2.45) is 5.41 Å². The number of hydrogen-bond acceptors (Lipinski definition) is 3. The highest BCUT2D eigenvalue weighted by Crippen LogP contribution is 2.21. The Labute approximate surface area is 96.0 Å². The van der Waals surface area contributed by atoms with E-state index in [-0.39, 0.29) is 0 Å². The van der Waals surface area contributed by atoms with Gasteiger partial charge in [-0.05, 0) is 24.0 Å². The number of nitrogens with one attached hydrogen (secondary N) is 1. The summed E-state index contributed by atoms with van der Waals surface area (Å²) in [5.74, 6) is 0.673. The number of rotatable bonds is 3. The van der Waals surface area contributed by atoms with E-state index in [1.165, 1.54) is 0 Å². The third-order valence-corrected chi connectivity index (χ3v) is 2.27. The number of nitrogen functional groups attached to an aromatic ring is 1. The molecule has 15 heavy (non-hydrogen) atoms. The summed E-state index contributed by atoms with van der Waals surface area (Å²) in [7, 11) is 0. The summed E-state index contributed by atoms with van der Waals surface area (Å²) in [6, 6.07) is 3.45. The normalized spacial score (nSPS) is 11.5. The minimum absolute atomic E-state index is 0.306.